The van der Waals surface area contributed by atoms with Crippen LogP contribution in [0.2, 0.25) is 0 Å². The molecule has 0 fully saturated rings. The molecule has 0 bridgehead atoms. The molecular weight excluding hydrogens is 360 g/mol. The predicted octanol–water partition coefficient (Wildman–Crippen LogP) is 3.43. The van der Waals surface area contributed by atoms with Crippen LogP contribution in [0.4, 0.5) is 5.69 Å². The van der Waals surface area contributed by atoms with Gasteiger partial charge in [0.05, 0.1) is 12.2 Å². The summed E-state index contributed by atoms with van der Waals surface area (Å²) in [6.07, 6.45) is 3.91. The highest BCUT2D eigenvalue weighted by atomic mass is 32.1. The second-order valence-corrected chi connectivity index (χ2v) is 6.77. The summed E-state index contributed by atoms with van der Waals surface area (Å²) < 4.78 is 1.96. The number of amides is 2. The van der Waals surface area contributed by atoms with Crippen LogP contribution in [0.25, 0.3) is 16.2 Å². The van der Waals surface area contributed by atoms with Crippen molar-refractivity contribution in [2.75, 3.05) is 11.9 Å². The van der Waals surface area contributed by atoms with Crippen molar-refractivity contribution in [3.8, 4) is 11.3 Å². The van der Waals surface area contributed by atoms with E-state index >= 15 is 0 Å². The number of anilines is 1. The van der Waals surface area contributed by atoms with E-state index in [1.807, 2.05) is 46.4 Å². The first-order valence-corrected chi connectivity index (χ1v) is 9.23. The van der Waals surface area contributed by atoms with E-state index in [2.05, 4.69) is 15.6 Å². The van der Waals surface area contributed by atoms with Gasteiger partial charge < -0.3 is 10.6 Å². The lowest BCUT2D eigenvalue weighted by Gasteiger charge is -2.08. The average molecular weight is 376 g/mol. The van der Waals surface area contributed by atoms with Crippen LogP contribution in [0, 0.1) is 0 Å². The van der Waals surface area contributed by atoms with E-state index in [4.69, 9.17) is 0 Å². The molecule has 0 aliphatic carbocycles. The zero-order valence-electron chi connectivity index (χ0n) is 14.3. The van der Waals surface area contributed by atoms with Crippen LogP contribution in [-0.4, -0.2) is 27.7 Å². The number of hydrogen-bond donors (Lipinski definition) is 2. The lowest BCUT2D eigenvalue weighted by atomic mass is 10.1. The first-order chi connectivity index (χ1) is 13.2. The van der Waals surface area contributed by atoms with E-state index in [0.29, 0.717) is 11.3 Å². The molecule has 2 N–H and O–H groups in total. The summed E-state index contributed by atoms with van der Waals surface area (Å²) in [5, 5.41) is 7.39. The van der Waals surface area contributed by atoms with Gasteiger partial charge in [0.15, 0.2) is 4.96 Å². The fourth-order valence-electron chi connectivity index (χ4n) is 2.68. The number of fused-ring (bicyclic) bond motifs is 1. The lowest BCUT2D eigenvalue weighted by Crippen LogP contribution is -2.32. The van der Waals surface area contributed by atoms with Crippen LogP contribution in [-0.2, 0) is 4.79 Å². The molecule has 0 aliphatic heterocycles. The normalized spacial score (nSPS) is 10.7. The van der Waals surface area contributed by atoms with E-state index < -0.39 is 0 Å². The Kier molecular flexibility index (Phi) is 4.67. The number of hydrogen-bond acceptors (Lipinski definition) is 4. The van der Waals surface area contributed by atoms with E-state index in [0.717, 1.165) is 16.2 Å². The zero-order valence-corrected chi connectivity index (χ0v) is 15.1. The van der Waals surface area contributed by atoms with Gasteiger partial charge in [-0.05, 0) is 24.3 Å². The van der Waals surface area contributed by atoms with Crippen molar-refractivity contribution in [1.29, 1.82) is 0 Å². The fourth-order valence-corrected chi connectivity index (χ4v) is 3.38. The molecule has 7 heteroatoms. The largest absolute Gasteiger partial charge is 0.343 e. The summed E-state index contributed by atoms with van der Waals surface area (Å²) in [5.74, 6) is -0.570. The molecule has 0 spiro atoms. The SMILES string of the molecule is O=C(CNC(=O)c1ccccc1)Nc1cccc(-c2cn3ccsc3n2)c1. The Bertz CT molecular complexity index is 1070. The van der Waals surface area contributed by atoms with Gasteiger partial charge in [0.1, 0.15) is 0 Å². The molecule has 27 heavy (non-hydrogen) atoms. The molecule has 0 unspecified atom stereocenters. The standard InChI is InChI=1S/C20H16N4O2S/c25-18(12-21-19(26)14-5-2-1-3-6-14)22-16-8-4-7-15(11-16)17-13-24-9-10-27-20(24)23-17/h1-11,13H,12H2,(H,21,26)(H,22,25). The Labute approximate surface area is 159 Å². The molecule has 2 amide bonds. The summed E-state index contributed by atoms with van der Waals surface area (Å²) in [4.78, 5) is 29.6. The second kappa shape index (κ2) is 7.43. The molecular formula is C20H16N4O2S. The minimum atomic E-state index is -0.290. The Morgan fingerprint density at radius 1 is 1.07 bits per heavy atom. The number of carbonyl (C=O) groups is 2. The summed E-state index contributed by atoms with van der Waals surface area (Å²) in [5.41, 5.74) is 2.93. The highest BCUT2D eigenvalue weighted by molar-refractivity contribution is 7.15. The summed E-state index contributed by atoms with van der Waals surface area (Å²) in [6, 6.07) is 16.3. The van der Waals surface area contributed by atoms with Crippen molar-refractivity contribution in [1.82, 2.24) is 14.7 Å². The molecule has 0 saturated heterocycles. The van der Waals surface area contributed by atoms with Crippen molar-refractivity contribution in [3.63, 3.8) is 0 Å². The van der Waals surface area contributed by atoms with Crippen LogP contribution in [0.3, 0.4) is 0 Å². The summed E-state index contributed by atoms with van der Waals surface area (Å²) >= 11 is 1.57. The minimum absolute atomic E-state index is 0.0990. The van der Waals surface area contributed by atoms with Gasteiger partial charge in [0, 0.05) is 34.6 Å². The monoisotopic (exact) mass is 376 g/mol. The van der Waals surface area contributed by atoms with Crippen molar-refractivity contribution in [2.45, 2.75) is 0 Å². The number of thiazole rings is 1. The Morgan fingerprint density at radius 3 is 2.74 bits per heavy atom. The first-order valence-electron chi connectivity index (χ1n) is 8.35. The van der Waals surface area contributed by atoms with Gasteiger partial charge in [-0.2, -0.15) is 0 Å². The Balaban J connectivity index is 1.40. The molecule has 2 aromatic heterocycles. The number of aromatic nitrogens is 2. The molecule has 2 aromatic carbocycles. The van der Waals surface area contributed by atoms with Crippen molar-refractivity contribution < 1.29 is 9.59 Å². The van der Waals surface area contributed by atoms with E-state index in [1.54, 1.807) is 41.7 Å². The van der Waals surface area contributed by atoms with Crippen molar-refractivity contribution in [3.05, 3.63) is 77.9 Å². The van der Waals surface area contributed by atoms with E-state index in [-0.39, 0.29) is 18.4 Å². The fraction of sp³-hybridized carbons (Fsp3) is 0.0500. The first kappa shape index (κ1) is 17.0. The minimum Gasteiger partial charge on any atom is -0.343 e. The molecule has 6 nitrogen and oxygen atoms in total. The van der Waals surface area contributed by atoms with Gasteiger partial charge in [-0.15, -0.1) is 11.3 Å². The third-order valence-corrected chi connectivity index (χ3v) is 4.75. The van der Waals surface area contributed by atoms with Gasteiger partial charge in [-0.1, -0.05) is 30.3 Å². The quantitative estimate of drug-likeness (QED) is 0.560. The maximum Gasteiger partial charge on any atom is 0.251 e. The molecule has 0 saturated carbocycles. The van der Waals surface area contributed by atoms with Crippen LogP contribution >= 0.6 is 11.3 Å². The molecule has 4 aromatic rings. The zero-order chi connectivity index (χ0) is 18.6. The van der Waals surface area contributed by atoms with Gasteiger partial charge in [0.2, 0.25) is 5.91 Å². The molecule has 4 rings (SSSR count). The number of benzene rings is 2. The molecule has 0 radical (unpaired) electrons. The molecule has 0 aliphatic rings. The Morgan fingerprint density at radius 2 is 1.93 bits per heavy atom. The molecule has 2 heterocycles. The molecule has 0 atom stereocenters. The van der Waals surface area contributed by atoms with Gasteiger partial charge in [0.25, 0.3) is 5.91 Å². The van der Waals surface area contributed by atoms with Crippen LogP contribution in [0.1, 0.15) is 10.4 Å². The van der Waals surface area contributed by atoms with Gasteiger partial charge >= 0.3 is 0 Å². The highest BCUT2D eigenvalue weighted by Gasteiger charge is 2.09. The highest BCUT2D eigenvalue weighted by Crippen LogP contribution is 2.24. The lowest BCUT2D eigenvalue weighted by molar-refractivity contribution is -0.115. The third kappa shape index (κ3) is 3.88. The predicted molar refractivity (Wildman–Crippen MR) is 106 cm³/mol. The summed E-state index contributed by atoms with van der Waals surface area (Å²) in [6.45, 7) is -0.0990. The van der Waals surface area contributed by atoms with Crippen molar-refractivity contribution in [2.24, 2.45) is 0 Å². The number of carbonyl (C=O) groups excluding carboxylic acids is 2. The maximum absolute atomic E-state index is 12.2. The smallest absolute Gasteiger partial charge is 0.251 e. The van der Waals surface area contributed by atoms with E-state index in [9.17, 15) is 9.59 Å². The average Bonchev–Trinajstić information content (AvgIpc) is 3.29. The second-order valence-electron chi connectivity index (χ2n) is 5.90. The van der Waals surface area contributed by atoms with Crippen molar-refractivity contribution >= 4 is 33.8 Å². The summed E-state index contributed by atoms with van der Waals surface area (Å²) in [7, 11) is 0. The number of nitrogens with zero attached hydrogens (tertiary/aromatic N) is 2. The van der Waals surface area contributed by atoms with E-state index in [1.165, 1.54) is 0 Å². The van der Waals surface area contributed by atoms with Crippen LogP contribution < -0.4 is 10.6 Å². The van der Waals surface area contributed by atoms with Gasteiger partial charge in [-0.3, -0.25) is 14.0 Å². The topological polar surface area (TPSA) is 75.5 Å². The number of rotatable bonds is 5. The third-order valence-electron chi connectivity index (χ3n) is 3.98. The number of nitrogens with one attached hydrogen (secondary N) is 2. The number of imidazole rings is 1. The molecule has 134 valence electrons. The van der Waals surface area contributed by atoms with Crippen LogP contribution in [0.5, 0.6) is 0 Å². The maximum atomic E-state index is 12.2. The van der Waals surface area contributed by atoms with Crippen LogP contribution in [0.15, 0.2) is 72.4 Å². The van der Waals surface area contributed by atoms with Gasteiger partial charge in [-0.25, -0.2) is 4.98 Å². The Hall–Kier alpha value is -3.45.